The highest BCUT2D eigenvalue weighted by atomic mass is 16.5. The van der Waals surface area contributed by atoms with Crippen molar-refractivity contribution in [3.63, 3.8) is 0 Å². The summed E-state index contributed by atoms with van der Waals surface area (Å²) >= 11 is 0. The number of methoxy groups -OCH3 is 1. The number of carboxylic acids is 1. The lowest BCUT2D eigenvalue weighted by Gasteiger charge is -2.07. The van der Waals surface area contributed by atoms with Crippen LogP contribution in [0.4, 0.5) is 0 Å². The van der Waals surface area contributed by atoms with E-state index in [2.05, 4.69) is 4.98 Å². The monoisotopic (exact) mass is 197 g/mol. The Hall–Kier alpha value is -1.60. The first-order valence-electron chi connectivity index (χ1n) is 3.69. The molecule has 3 N–H and O–H groups in total. The third kappa shape index (κ3) is 2.01. The fraction of sp³-hybridized carbons (Fsp3) is 0.143. The second kappa shape index (κ2) is 4.08. The standard InChI is InChI=1S/C7H8BNO5/c1-14-6-2-5(7(10)11)9-3-4(6)8(12)13/h2-3,12-13H,1H3,(H,10,11). The summed E-state index contributed by atoms with van der Waals surface area (Å²) in [6, 6.07) is 1.12. The highest BCUT2D eigenvalue weighted by Crippen LogP contribution is 2.08. The van der Waals surface area contributed by atoms with E-state index in [0.717, 1.165) is 12.3 Å². The van der Waals surface area contributed by atoms with Crippen molar-refractivity contribution in [2.75, 3.05) is 7.11 Å². The van der Waals surface area contributed by atoms with Gasteiger partial charge in [-0.1, -0.05) is 0 Å². The molecule has 74 valence electrons. The Morgan fingerprint density at radius 1 is 1.57 bits per heavy atom. The van der Waals surface area contributed by atoms with Crippen LogP contribution in [0, 0.1) is 0 Å². The summed E-state index contributed by atoms with van der Waals surface area (Å²) < 4.78 is 4.77. The highest BCUT2D eigenvalue weighted by molar-refractivity contribution is 6.59. The van der Waals surface area contributed by atoms with Crippen LogP contribution in [0.25, 0.3) is 0 Å². The van der Waals surface area contributed by atoms with Crippen molar-refractivity contribution in [2.24, 2.45) is 0 Å². The van der Waals surface area contributed by atoms with Crippen LogP contribution in [-0.4, -0.2) is 40.3 Å². The average Bonchev–Trinajstić information content (AvgIpc) is 2.16. The molecule has 0 aliphatic heterocycles. The molecule has 0 aliphatic rings. The number of rotatable bonds is 3. The van der Waals surface area contributed by atoms with Gasteiger partial charge in [-0.15, -0.1) is 0 Å². The van der Waals surface area contributed by atoms with E-state index in [1.807, 2.05) is 0 Å². The van der Waals surface area contributed by atoms with Crippen molar-refractivity contribution >= 4 is 18.6 Å². The third-order valence-corrected chi connectivity index (χ3v) is 1.61. The average molecular weight is 197 g/mol. The van der Waals surface area contributed by atoms with Gasteiger partial charge in [0.2, 0.25) is 0 Å². The number of hydrogen-bond acceptors (Lipinski definition) is 5. The van der Waals surface area contributed by atoms with E-state index in [1.54, 1.807) is 0 Å². The van der Waals surface area contributed by atoms with Crippen LogP contribution in [0.3, 0.4) is 0 Å². The second-order valence-electron chi connectivity index (χ2n) is 2.49. The zero-order valence-electron chi connectivity index (χ0n) is 7.34. The van der Waals surface area contributed by atoms with Crippen molar-refractivity contribution in [3.05, 3.63) is 18.0 Å². The Bertz CT molecular complexity index is 354. The molecule has 0 unspecified atom stereocenters. The maximum absolute atomic E-state index is 10.5. The molecule has 0 aromatic carbocycles. The van der Waals surface area contributed by atoms with Crippen LogP contribution in [0.2, 0.25) is 0 Å². The van der Waals surface area contributed by atoms with E-state index in [0.29, 0.717) is 0 Å². The molecule has 7 heteroatoms. The van der Waals surface area contributed by atoms with Gasteiger partial charge in [-0.25, -0.2) is 9.78 Å². The summed E-state index contributed by atoms with van der Waals surface area (Å²) in [4.78, 5) is 14.0. The van der Waals surface area contributed by atoms with Crippen LogP contribution < -0.4 is 10.2 Å². The lowest BCUT2D eigenvalue weighted by atomic mass is 9.81. The van der Waals surface area contributed by atoms with Gasteiger partial charge in [0.15, 0.2) is 5.69 Å². The van der Waals surface area contributed by atoms with Gasteiger partial charge >= 0.3 is 13.1 Å². The van der Waals surface area contributed by atoms with Crippen molar-refractivity contribution in [1.82, 2.24) is 4.98 Å². The maximum Gasteiger partial charge on any atom is 0.493 e. The SMILES string of the molecule is COc1cc(C(=O)O)ncc1B(O)O. The molecule has 0 spiro atoms. The summed E-state index contributed by atoms with van der Waals surface area (Å²) in [6.07, 6.45) is 1.05. The summed E-state index contributed by atoms with van der Waals surface area (Å²) in [5.74, 6) is -1.13. The Labute approximate surface area is 79.9 Å². The summed E-state index contributed by atoms with van der Waals surface area (Å²) in [6.45, 7) is 0. The number of ether oxygens (including phenoxy) is 1. The predicted octanol–water partition coefficient (Wildman–Crippen LogP) is -1.53. The molecule has 0 saturated carbocycles. The molecule has 1 rings (SSSR count). The largest absolute Gasteiger partial charge is 0.497 e. The first-order valence-corrected chi connectivity index (χ1v) is 3.69. The molecule has 0 fully saturated rings. The first kappa shape index (κ1) is 10.5. The topological polar surface area (TPSA) is 99.9 Å². The molecule has 1 aromatic rings. The molecular formula is C7H8BNO5. The summed E-state index contributed by atoms with van der Waals surface area (Å²) in [7, 11) is -0.437. The van der Waals surface area contributed by atoms with Crippen molar-refractivity contribution < 1.29 is 24.7 Å². The molecule has 1 aromatic heterocycles. The number of carbonyl (C=O) groups is 1. The number of aromatic carboxylic acids is 1. The van der Waals surface area contributed by atoms with Crippen molar-refractivity contribution in [3.8, 4) is 5.75 Å². The quantitative estimate of drug-likeness (QED) is 0.508. The van der Waals surface area contributed by atoms with E-state index in [4.69, 9.17) is 19.9 Å². The molecule has 0 radical (unpaired) electrons. The van der Waals surface area contributed by atoms with Gasteiger partial charge in [-0.3, -0.25) is 0 Å². The maximum atomic E-state index is 10.5. The molecular weight excluding hydrogens is 189 g/mol. The van der Waals surface area contributed by atoms with Crippen LogP contribution in [0.1, 0.15) is 10.5 Å². The summed E-state index contributed by atoms with van der Waals surface area (Å²) in [5.41, 5.74) is -0.191. The Morgan fingerprint density at radius 3 is 2.64 bits per heavy atom. The number of nitrogens with zero attached hydrogens (tertiary/aromatic N) is 1. The number of aromatic nitrogens is 1. The fourth-order valence-corrected chi connectivity index (χ4v) is 0.935. The van der Waals surface area contributed by atoms with Gasteiger partial charge in [0.25, 0.3) is 0 Å². The van der Waals surface area contributed by atoms with E-state index >= 15 is 0 Å². The second-order valence-corrected chi connectivity index (χ2v) is 2.49. The van der Waals surface area contributed by atoms with Gasteiger partial charge in [-0.2, -0.15) is 0 Å². The van der Waals surface area contributed by atoms with Gasteiger partial charge < -0.3 is 19.9 Å². The first-order chi connectivity index (χ1) is 6.56. The van der Waals surface area contributed by atoms with Crippen LogP contribution >= 0.6 is 0 Å². The lowest BCUT2D eigenvalue weighted by molar-refractivity contribution is 0.0690. The highest BCUT2D eigenvalue weighted by Gasteiger charge is 2.19. The van der Waals surface area contributed by atoms with E-state index in [9.17, 15) is 4.79 Å². The number of pyridine rings is 1. The Balaban J connectivity index is 3.18. The predicted molar refractivity (Wildman–Crippen MR) is 47.6 cm³/mol. The molecule has 0 bridgehead atoms. The minimum atomic E-state index is -1.74. The zero-order chi connectivity index (χ0) is 10.7. The smallest absolute Gasteiger partial charge is 0.493 e. The van der Waals surface area contributed by atoms with E-state index in [1.165, 1.54) is 7.11 Å². The normalized spacial score (nSPS) is 9.64. The summed E-state index contributed by atoms with van der Waals surface area (Å²) in [5, 5.41) is 26.3. The van der Waals surface area contributed by atoms with Gasteiger partial charge in [-0.05, 0) is 0 Å². The molecule has 1 heterocycles. The number of hydrogen-bond donors (Lipinski definition) is 3. The minimum absolute atomic E-state index is 0.0255. The van der Waals surface area contributed by atoms with Gasteiger partial charge in [0.1, 0.15) is 5.75 Å². The molecule has 0 amide bonds. The van der Waals surface area contributed by atoms with E-state index in [-0.39, 0.29) is 16.9 Å². The van der Waals surface area contributed by atoms with Gasteiger partial charge in [0, 0.05) is 17.7 Å². The van der Waals surface area contributed by atoms with Crippen molar-refractivity contribution in [1.29, 1.82) is 0 Å². The minimum Gasteiger partial charge on any atom is -0.497 e. The van der Waals surface area contributed by atoms with Crippen LogP contribution in [0.5, 0.6) is 5.75 Å². The Kier molecular flexibility index (Phi) is 3.05. The third-order valence-electron chi connectivity index (χ3n) is 1.61. The molecule has 6 nitrogen and oxygen atoms in total. The fourth-order valence-electron chi connectivity index (χ4n) is 0.935. The molecule has 0 saturated heterocycles. The Morgan fingerprint density at radius 2 is 2.21 bits per heavy atom. The van der Waals surface area contributed by atoms with Crippen LogP contribution in [0.15, 0.2) is 12.3 Å². The molecule has 0 atom stereocenters. The van der Waals surface area contributed by atoms with Gasteiger partial charge in [0.05, 0.1) is 7.11 Å². The zero-order valence-corrected chi connectivity index (χ0v) is 7.34. The van der Waals surface area contributed by atoms with Crippen molar-refractivity contribution in [2.45, 2.75) is 0 Å². The van der Waals surface area contributed by atoms with Crippen LogP contribution in [-0.2, 0) is 0 Å². The molecule has 14 heavy (non-hydrogen) atoms. The molecule has 0 aliphatic carbocycles. The lowest BCUT2D eigenvalue weighted by Crippen LogP contribution is -2.32. The number of carboxylic acid groups (broad SMARTS) is 1. The van der Waals surface area contributed by atoms with E-state index < -0.39 is 13.1 Å².